The summed E-state index contributed by atoms with van der Waals surface area (Å²) in [5.74, 6) is 1.85. The van der Waals surface area contributed by atoms with E-state index >= 15 is 0 Å². The average molecular weight is 448 g/mol. The number of nitrogens with zero attached hydrogens (tertiary/aromatic N) is 1. The fourth-order valence-corrected chi connectivity index (χ4v) is 4.90. The van der Waals surface area contributed by atoms with Crippen molar-refractivity contribution >= 4 is 39.5 Å². The number of nitrogens with one attached hydrogen (secondary N) is 2. The molecule has 0 spiro atoms. The van der Waals surface area contributed by atoms with Crippen LogP contribution in [0.2, 0.25) is 0 Å². The van der Waals surface area contributed by atoms with Crippen molar-refractivity contribution in [2.75, 3.05) is 25.5 Å². The van der Waals surface area contributed by atoms with Crippen LogP contribution in [0.15, 0.2) is 53.7 Å². The number of hydrogen-bond acceptors (Lipinski definition) is 5. The Morgan fingerprint density at radius 2 is 1.94 bits per heavy atom. The lowest BCUT2D eigenvalue weighted by Crippen LogP contribution is -2.27. The Hall–Kier alpha value is -3.19. The number of carbonyl (C=O) groups excluding carboxylic acids is 1. The van der Waals surface area contributed by atoms with Gasteiger partial charge in [-0.2, -0.15) is 0 Å². The number of carbonyl (C=O) groups is 1. The molecule has 4 aromatic rings. The van der Waals surface area contributed by atoms with Gasteiger partial charge in [0, 0.05) is 35.1 Å². The number of aromatic nitrogens is 2. The highest BCUT2D eigenvalue weighted by molar-refractivity contribution is 7.99. The standard InChI is InChI=1S/C25H25N3O3S/c1-2-16-11-18-12-22-23(31-10-9-30-22)13-21(18)28-25(16)32-15-24(29)26-8-7-17-14-27-20-6-4-3-5-19(17)20/h3-6,11-14,27H,2,7-10,15H2,1H3,(H,26,29). The maximum absolute atomic E-state index is 12.5. The summed E-state index contributed by atoms with van der Waals surface area (Å²) in [7, 11) is 0. The summed E-state index contributed by atoms with van der Waals surface area (Å²) in [6, 6.07) is 14.3. The van der Waals surface area contributed by atoms with E-state index < -0.39 is 0 Å². The van der Waals surface area contributed by atoms with Crippen molar-refractivity contribution in [3.63, 3.8) is 0 Å². The van der Waals surface area contributed by atoms with Gasteiger partial charge in [0.2, 0.25) is 5.91 Å². The molecule has 0 saturated carbocycles. The molecule has 0 radical (unpaired) electrons. The molecule has 164 valence electrons. The van der Waals surface area contributed by atoms with E-state index in [0.717, 1.165) is 51.3 Å². The van der Waals surface area contributed by atoms with Gasteiger partial charge in [-0.1, -0.05) is 36.9 Å². The highest BCUT2D eigenvalue weighted by atomic mass is 32.2. The van der Waals surface area contributed by atoms with Crippen LogP contribution in [0.1, 0.15) is 18.1 Å². The third kappa shape index (κ3) is 4.25. The van der Waals surface area contributed by atoms with Gasteiger partial charge in [-0.3, -0.25) is 4.79 Å². The molecule has 7 heteroatoms. The van der Waals surface area contributed by atoms with Gasteiger partial charge in [0.1, 0.15) is 18.2 Å². The first-order chi connectivity index (χ1) is 15.7. The number of ether oxygens (including phenoxy) is 2. The summed E-state index contributed by atoms with van der Waals surface area (Å²) in [5.41, 5.74) is 4.32. The van der Waals surface area contributed by atoms with E-state index in [9.17, 15) is 4.79 Å². The average Bonchev–Trinajstić information content (AvgIpc) is 3.24. The zero-order chi connectivity index (χ0) is 21.9. The summed E-state index contributed by atoms with van der Waals surface area (Å²) < 4.78 is 11.4. The number of thioether (sulfide) groups is 1. The Morgan fingerprint density at radius 3 is 2.78 bits per heavy atom. The molecule has 1 aliphatic rings. The van der Waals surface area contributed by atoms with Crippen LogP contribution in [-0.2, 0) is 17.6 Å². The van der Waals surface area contributed by atoms with Crippen molar-refractivity contribution in [2.45, 2.75) is 24.8 Å². The number of H-pyrrole nitrogens is 1. The first-order valence-corrected chi connectivity index (χ1v) is 11.9. The number of aryl methyl sites for hydroxylation is 1. The van der Waals surface area contributed by atoms with Crippen LogP contribution >= 0.6 is 11.8 Å². The van der Waals surface area contributed by atoms with Crippen LogP contribution in [0.25, 0.3) is 21.8 Å². The minimum absolute atomic E-state index is 0.0148. The van der Waals surface area contributed by atoms with Gasteiger partial charge in [0.05, 0.1) is 11.3 Å². The second-order valence-corrected chi connectivity index (χ2v) is 8.71. The summed E-state index contributed by atoms with van der Waals surface area (Å²) in [6.07, 6.45) is 3.66. The lowest BCUT2D eigenvalue weighted by atomic mass is 10.1. The van der Waals surface area contributed by atoms with E-state index in [4.69, 9.17) is 14.5 Å². The first-order valence-electron chi connectivity index (χ1n) is 10.9. The Bertz CT molecular complexity index is 1280. The van der Waals surface area contributed by atoms with E-state index in [2.05, 4.69) is 35.4 Å². The largest absolute Gasteiger partial charge is 0.486 e. The van der Waals surface area contributed by atoms with Crippen LogP contribution in [0.5, 0.6) is 11.5 Å². The van der Waals surface area contributed by atoms with Crippen LogP contribution in [0.4, 0.5) is 0 Å². The zero-order valence-corrected chi connectivity index (χ0v) is 18.8. The van der Waals surface area contributed by atoms with E-state index in [1.165, 1.54) is 22.7 Å². The summed E-state index contributed by atoms with van der Waals surface area (Å²) in [6.45, 7) is 3.82. The Balaban J connectivity index is 1.22. The molecule has 0 aliphatic carbocycles. The summed E-state index contributed by atoms with van der Waals surface area (Å²) >= 11 is 1.48. The number of fused-ring (bicyclic) bond motifs is 3. The molecule has 1 amide bonds. The van der Waals surface area contributed by atoms with E-state index in [1.54, 1.807) is 0 Å². The van der Waals surface area contributed by atoms with E-state index in [1.807, 2.05) is 30.5 Å². The molecule has 1 aliphatic heterocycles. The predicted molar refractivity (Wildman–Crippen MR) is 128 cm³/mol. The number of aromatic amines is 1. The molecule has 2 N–H and O–H groups in total. The quantitative estimate of drug-likeness (QED) is 0.408. The van der Waals surface area contributed by atoms with Crippen molar-refractivity contribution in [3.05, 3.63) is 59.8 Å². The lowest BCUT2D eigenvalue weighted by Gasteiger charge is -2.19. The van der Waals surface area contributed by atoms with Gasteiger partial charge < -0.3 is 19.8 Å². The van der Waals surface area contributed by atoms with Crippen molar-refractivity contribution in [3.8, 4) is 11.5 Å². The summed E-state index contributed by atoms with van der Waals surface area (Å²) in [5, 5.41) is 6.16. The highest BCUT2D eigenvalue weighted by Crippen LogP contribution is 2.36. The van der Waals surface area contributed by atoms with Crippen molar-refractivity contribution < 1.29 is 14.3 Å². The molecule has 2 aromatic carbocycles. The van der Waals surface area contributed by atoms with E-state index in [-0.39, 0.29) is 5.91 Å². The van der Waals surface area contributed by atoms with Crippen LogP contribution in [-0.4, -0.2) is 41.4 Å². The van der Waals surface area contributed by atoms with Crippen LogP contribution in [0.3, 0.4) is 0 Å². The van der Waals surface area contributed by atoms with Gasteiger partial charge in [-0.05, 0) is 42.2 Å². The van der Waals surface area contributed by atoms with Gasteiger partial charge >= 0.3 is 0 Å². The number of pyridine rings is 1. The smallest absolute Gasteiger partial charge is 0.230 e. The predicted octanol–water partition coefficient (Wildman–Crippen LogP) is 4.50. The van der Waals surface area contributed by atoms with Crippen molar-refractivity contribution in [2.24, 2.45) is 0 Å². The number of benzene rings is 2. The lowest BCUT2D eigenvalue weighted by molar-refractivity contribution is -0.118. The highest BCUT2D eigenvalue weighted by Gasteiger charge is 2.16. The molecule has 3 heterocycles. The minimum atomic E-state index is 0.0148. The molecule has 0 bridgehead atoms. The first kappa shape index (κ1) is 20.7. The Morgan fingerprint density at radius 1 is 1.12 bits per heavy atom. The normalized spacial score (nSPS) is 12.9. The fraction of sp³-hybridized carbons (Fsp3) is 0.280. The zero-order valence-electron chi connectivity index (χ0n) is 17.9. The summed E-state index contributed by atoms with van der Waals surface area (Å²) in [4.78, 5) is 20.6. The molecule has 32 heavy (non-hydrogen) atoms. The number of rotatable bonds is 7. The Kier molecular flexibility index (Phi) is 5.90. The molecule has 0 saturated heterocycles. The molecular formula is C25H25N3O3S. The fourth-order valence-electron chi connectivity index (χ4n) is 3.98. The number of amides is 1. The number of hydrogen-bond donors (Lipinski definition) is 2. The topological polar surface area (TPSA) is 76.2 Å². The maximum atomic E-state index is 12.5. The molecule has 2 aromatic heterocycles. The van der Waals surface area contributed by atoms with E-state index in [0.29, 0.717) is 25.5 Å². The van der Waals surface area contributed by atoms with Crippen LogP contribution < -0.4 is 14.8 Å². The molecule has 6 nitrogen and oxygen atoms in total. The molecule has 5 rings (SSSR count). The number of para-hydroxylation sites is 1. The molecular weight excluding hydrogens is 422 g/mol. The third-order valence-corrected chi connectivity index (χ3v) is 6.66. The second-order valence-electron chi connectivity index (χ2n) is 7.74. The van der Waals surface area contributed by atoms with Crippen molar-refractivity contribution in [1.29, 1.82) is 0 Å². The van der Waals surface area contributed by atoms with Gasteiger partial charge in [-0.25, -0.2) is 4.98 Å². The minimum Gasteiger partial charge on any atom is -0.486 e. The van der Waals surface area contributed by atoms with Crippen LogP contribution in [0, 0.1) is 0 Å². The monoisotopic (exact) mass is 447 g/mol. The van der Waals surface area contributed by atoms with Crippen molar-refractivity contribution in [1.82, 2.24) is 15.3 Å². The third-order valence-electron chi connectivity index (χ3n) is 5.63. The van der Waals surface area contributed by atoms with Gasteiger partial charge in [-0.15, -0.1) is 0 Å². The molecule has 0 fully saturated rings. The Labute approximate surface area is 190 Å². The molecule has 0 atom stereocenters. The molecule has 0 unspecified atom stereocenters. The van der Waals surface area contributed by atoms with Gasteiger partial charge in [0.25, 0.3) is 0 Å². The second kappa shape index (κ2) is 9.12. The SMILES string of the molecule is CCc1cc2cc3c(cc2nc1SCC(=O)NCCc1c[nH]c2ccccc12)OCCO3. The maximum Gasteiger partial charge on any atom is 0.230 e. The van der Waals surface area contributed by atoms with Gasteiger partial charge in [0.15, 0.2) is 11.5 Å².